The van der Waals surface area contributed by atoms with E-state index in [9.17, 15) is 9.18 Å². The lowest BCUT2D eigenvalue weighted by Crippen LogP contribution is -2.32. The lowest BCUT2D eigenvalue weighted by Gasteiger charge is -2.28. The number of benzene rings is 1. The van der Waals surface area contributed by atoms with E-state index in [0.29, 0.717) is 23.9 Å². The van der Waals surface area contributed by atoms with E-state index in [-0.39, 0.29) is 5.83 Å². The molecule has 0 radical (unpaired) electrons. The summed E-state index contributed by atoms with van der Waals surface area (Å²) in [5.74, 6) is 0.136. The number of nitrogen functional groups attached to an aromatic ring is 1. The number of halogens is 1. The van der Waals surface area contributed by atoms with Crippen molar-refractivity contribution in [1.29, 1.82) is 0 Å². The Kier molecular flexibility index (Phi) is 7.21. The van der Waals surface area contributed by atoms with Gasteiger partial charge in [0.2, 0.25) is 0 Å². The molecular weight excluding hydrogens is 333 g/mol. The smallest absolute Gasteiger partial charge is 0.411 e. The van der Waals surface area contributed by atoms with Crippen molar-refractivity contribution >= 4 is 23.0 Å². The lowest BCUT2D eigenvalue weighted by molar-refractivity contribution is 0.113. The number of piperidine rings is 1. The number of ether oxygens (including phenoxy) is 1. The molecular formula is C20H28FN3O2. The van der Waals surface area contributed by atoms with Crippen molar-refractivity contribution in [3.05, 3.63) is 41.7 Å². The summed E-state index contributed by atoms with van der Waals surface area (Å²) in [6, 6.07) is 5.31. The normalized spacial score (nSPS) is 17.2. The van der Waals surface area contributed by atoms with Crippen LogP contribution in [0.4, 0.5) is 20.6 Å². The highest BCUT2D eigenvalue weighted by molar-refractivity contribution is 5.90. The highest BCUT2D eigenvalue weighted by Gasteiger charge is 2.18. The average molecular weight is 361 g/mol. The molecule has 1 heterocycles. The van der Waals surface area contributed by atoms with Crippen LogP contribution in [0.25, 0.3) is 5.57 Å². The quantitative estimate of drug-likeness (QED) is 0.601. The van der Waals surface area contributed by atoms with Gasteiger partial charge in [-0.3, -0.25) is 5.32 Å². The third kappa shape index (κ3) is 6.19. The maximum Gasteiger partial charge on any atom is 0.411 e. The van der Waals surface area contributed by atoms with E-state index >= 15 is 0 Å². The standard InChI is InChI=1S/C20H28FN3O2/c1-14(4-5-15(2)21)17-6-7-18(22)19(12-17)23-20(25)26-13-16-8-10-24(3)11-9-16/h4-7,12,16H,8-11,13,22H2,1-3H3,(H,23,25)/b14-4+,15-5+. The fourth-order valence-corrected chi connectivity index (χ4v) is 2.81. The fourth-order valence-electron chi connectivity index (χ4n) is 2.81. The van der Waals surface area contributed by atoms with Crippen molar-refractivity contribution in [3.8, 4) is 0 Å². The average Bonchev–Trinajstić information content (AvgIpc) is 2.61. The third-order valence-corrected chi connectivity index (χ3v) is 4.60. The highest BCUT2D eigenvalue weighted by Crippen LogP contribution is 2.25. The lowest BCUT2D eigenvalue weighted by atomic mass is 9.98. The number of carbonyl (C=O) groups excluding carboxylic acids is 1. The third-order valence-electron chi connectivity index (χ3n) is 4.60. The minimum Gasteiger partial charge on any atom is -0.449 e. The molecule has 1 aromatic rings. The second-order valence-corrected chi connectivity index (χ2v) is 6.88. The number of nitrogens with two attached hydrogens (primary N) is 1. The second-order valence-electron chi connectivity index (χ2n) is 6.88. The minimum absolute atomic E-state index is 0.268. The summed E-state index contributed by atoms with van der Waals surface area (Å²) in [7, 11) is 2.10. The molecule has 1 aliphatic rings. The fraction of sp³-hybridized carbons (Fsp3) is 0.450. The summed E-state index contributed by atoms with van der Waals surface area (Å²) in [5.41, 5.74) is 8.61. The van der Waals surface area contributed by atoms with Gasteiger partial charge in [-0.05, 0) is 82.1 Å². The Morgan fingerprint density at radius 3 is 2.69 bits per heavy atom. The first kappa shape index (κ1) is 20.0. The SMILES string of the molecule is C/C(F)=C\C=C(/C)c1ccc(N)c(NC(=O)OCC2CCN(C)CC2)c1. The molecule has 0 aromatic heterocycles. The number of likely N-dealkylation sites (tertiary alicyclic amines) is 1. The van der Waals surface area contributed by atoms with E-state index in [2.05, 4.69) is 17.3 Å². The van der Waals surface area contributed by atoms with Crippen LogP contribution in [0.1, 0.15) is 32.3 Å². The van der Waals surface area contributed by atoms with E-state index in [0.717, 1.165) is 37.1 Å². The van der Waals surface area contributed by atoms with Gasteiger partial charge in [-0.25, -0.2) is 9.18 Å². The second kappa shape index (κ2) is 9.38. The first-order valence-electron chi connectivity index (χ1n) is 8.88. The number of carbonyl (C=O) groups is 1. The number of hydrogen-bond acceptors (Lipinski definition) is 4. The summed E-state index contributed by atoms with van der Waals surface area (Å²) in [6.45, 7) is 5.73. The van der Waals surface area contributed by atoms with Crippen LogP contribution < -0.4 is 11.1 Å². The molecule has 5 nitrogen and oxygen atoms in total. The van der Waals surface area contributed by atoms with Crippen LogP contribution in [-0.2, 0) is 4.74 Å². The van der Waals surface area contributed by atoms with Crippen LogP contribution in [0.15, 0.2) is 36.2 Å². The molecule has 0 aliphatic carbocycles. The zero-order chi connectivity index (χ0) is 19.1. The molecule has 2 rings (SSSR count). The van der Waals surface area contributed by atoms with Gasteiger partial charge < -0.3 is 15.4 Å². The van der Waals surface area contributed by atoms with Crippen LogP contribution in [0.3, 0.4) is 0 Å². The van der Waals surface area contributed by atoms with Crippen LogP contribution in [0.5, 0.6) is 0 Å². The Bertz CT molecular complexity index is 688. The summed E-state index contributed by atoms with van der Waals surface area (Å²) in [4.78, 5) is 14.4. The van der Waals surface area contributed by atoms with Crippen LogP contribution in [0.2, 0.25) is 0 Å². The number of rotatable bonds is 5. The number of nitrogens with zero attached hydrogens (tertiary/aromatic N) is 1. The number of allylic oxidation sites excluding steroid dienone is 4. The molecule has 0 spiro atoms. The van der Waals surface area contributed by atoms with Gasteiger partial charge in [-0.1, -0.05) is 12.1 Å². The molecule has 0 atom stereocenters. The molecule has 142 valence electrons. The van der Waals surface area contributed by atoms with Gasteiger partial charge in [0.1, 0.15) is 0 Å². The Balaban J connectivity index is 1.95. The molecule has 0 saturated carbocycles. The van der Waals surface area contributed by atoms with Crippen molar-refractivity contribution in [2.45, 2.75) is 26.7 Å². The van der Waals surface area contributed by atoms with Gasteiger partial charge >= 0.3 is 6.09 Å². The van der Waals surface area contributed by atoms with Gasteiger partial charge in [0.15, 0.2) is 0 Å². The number of nitrogens with one attached hydrogen (secondary N) is 1. The Hall–Kier alpha value is -2.34. The van der Waals surface area contributed by atoms with Crippen molar-refractivity contribution < 1.29 is 13.9 Å². The first-order chi connectivity index (χ1) is 12.3. The Morgan fingerprint density at radius 2 is 2.04 bits per heavy atom. The van der Waals surface area contributed by atoms with E-state index in [1.165, 1.54) is 13.0 Å². The molecule has 1 amide bonds. The van der Waals surface area contributed by atoms with Crippen molar-refractivity contribution in [3.63, 3.8) is 0 Å². The summed E-state index contributed by atoms with van der Waals surface area (Å²) >= 11 is 0. The van der Waals surface area contributed by atoms with Gasteiger partial charge in [0.25, 0.3) is 0 Å². The predicted molar refractivity (Wildman–Crippen MR) is 105 cm³/mol. The molecule has 0 bridgehead atoms. The molecule has 3 N–H and O–H groups in total. The molecule has 1 aromatic carbocycles. The number of amides is 1. The topological polar surface area (TPSA) is 67.6 Å². The van der Waals surface area contributed by atoms with Crippen LogP contribution in [-0.4, -0.2) is 37.7 Å². The molecule has 6 heteroatoms. The van der Waals surface area contributed by atoms with Gasteiger partial charge in [0.05, 0.1) is 23.8 Å². The maximum atomic E-state index is 12.9. The van der Waals surface area contributed by atoms with Gasteiger partial charge in [0, 0.05) is 0 Å². The minimum atomic E-state index is -0.506. The molecule has 0 unspecified atom stereocenters. The highest BCUT2D eigenvalue weighted by atomic mass is 19.1. The largest absolute Gasteiger partial charge is 0.449 e. The van der Waals surface area contributed by atoms with Crippen LogP contribution in [0, 0.1) is 5.92 Å². The number of anilines is 2. The summed E-state index contributed by atoms with van der Waals surface area (Å²) < 4.78 is 18.2. The van der Waals surface area contributed by atoms with Crippen molar-refractivity contribution in [2.24, 2.45) is 5.92 Å². The van der Waals surface area contributed by atoms with Gasteiger partial charge in [-0.15, -0.1) is 0 Å². The molecule has 1 fully saturated rings. The summed E-state index contributed by atoms with van der Waals surface area (Å²) in [6.07, 6.45) is 4.64. The van der Waals surface area contributed by atoms with Gasteiger partial charge in [-0.2, -0.15) is 0 Å². The van der Waals surface area contributed by atoms with Crippen molar-refractivity contribution in [2.75, 3.05) is 37.8 Å². The first-order valence-corrected chi connectivity index (χ1v) is 8.88. The maximum absolute atomic E-state index is 12.9. The number of hydrogen-bond donors (Lipinski definition) is 2. The zero-order valence-corrected chi connectivity index (χ0v) is 15.7. The zero-order valence-electron chi connectivity index (χ0n) is 15.7. The van der Waals surface area contributed by atoms with E-state index in [1.54, 1.807) is 18.2 Å². The molecule has 26 heavy (non-hydrogen) atoms. The Morgan fingerprint density at radius 1 is 1.35 bits per heavy atom. The van der Waals surface area contributed by atoms with Crippen molar-refractivity contribution in [1.82, 2.24) is 4.90 Å². The summed E-state index contributed by atoms with van der Waals surface area (Å²) in [5, 5.41) is 2.71. The van der Waals surface area contributed by atoms with E-state index in [4.69, 9.17) is 10.5 Å². The molecule has 1 saturated heterocycles. The molecule has 1 aliphatic heterocycles. The van der Waals surface area contributed by atoms with Crippen LogP contribution >= 0.6 is 0 Å². The Labute approximate surface area is 154 Å². The van der Waals surface area contributed by atoms with E-state index < -0.39 is 6.09 Å². The van der Waals surface area contributed by atoms with E-state index in [1.807, 2.05) is 13.0 Å². The monoisotopic (exact) mass is 361 g/mol. The predicted octanol–water partition coefficient (Wildman–Crippen LogP) is 4.44.